The number of hydrogen-bond acceptors (Lipinski definition) is 4. The molecule has 0 unspecified atom stereocenters. The molecule has 1 aromatic carbocycles. The van der Waals surface area contributed by atoms with Gasteiger partial charge in [0, 0.05) is 18.3 Å². The molecule has 2 aromatic heterocycles. The Morgan fingerprint density at radius 1 is 1.35 bits per heavy atom. The second-order valence-corrected chi connectivity index (χ2v) is 5.53. The molecule has 0 saturated carbocycles. The lowest BCUT2D eigenvalue weighted by Crippen LogP contribution is -2.30. The van der Waals surface area contributed by atoms with Gasteiger partial charge in [0.1, 0.15) is 0 Å². The monoisotopic (exact) mass is 331 g/mol. The number of ether oxygens (including phenoxy) is 1. The van der Waals surface area contributed by atoms with Crippen LogP contribution in [0.25, 0.3) is 16.6 Å². The van der Waals surface area contributed by atoms with Crippen molar-refractivity contribution >= 4 is 22.5 Å². The predicted molar refractivity (Wildman–Crippen MR) is 88.4 cm³/mol. The van der Waals surface area contributed by atoms with E-state index in [0.29, 0.717) is 32.9 Å². The fourth-order valence-corrected chi connectivity index (χ4v) is 2.87. The van der Waals surface area contributed by atoms with Gasteiger partial charge in [-0.3, -0.25) is 19.3 Å². The normalized spacial score (nSPS) is 11.1. The van der Waals surface area contributed by atoms with Gasteiger partial charge in [-0.25, -0.2) is 4.79 Å². The third-order valence-electron chi connectivity index (χ3n) is 3.58. The average molecular weight is 332 g/mol. The van der Waals surface area contributed by atoms with Crippen LogP contribution >= 0.6 is 11.6 Å². The molecule has 2 heterocycles. The fourth-order valence-electron chi connectivity index (χ4n) is 2.63. The van der Waals surface area contributed by atoms with Crippen LogP contribution in [0.4, 0.5) is 0 Å². The van der Waals surface area contributed by atoms with E-state index in [1.54, 1.807) is 37.4 Å². The first-order valence-electron chi connectivity index (χ1n) is 6.91. The summed E-state index contributed by atoms with van der Waals surface area (Å²) in [4.78, 5) is 31.2. The van der Waals surface area contributed by atoms with E-state index in [-0.39, 0.29) is 6.61 Å². The molecule has 0 saturated heterocycles. The van der Waals surface area contributed by atoms with Gasteiger partial charge in [0.25, 0.3) is 5.56 Å². The number of nitrogens with zero attached hydrogens (tertiary/aromatic N) is 2. The fraction of sp³-hybridized carbons (Fsp3) is 0.188. The van der Waals surface area contributed by atoms with Gasteiger partial charge < -0.3 is 4.74 Å². The molecule has 118 valence electrons. The lowest BCUT2D eigenvalue weighted by molar-refractivity contribution is 0.186. The SMILES string of the molecule is COCc1cc(Cl)cc2c1c(=O)[nH]c(=O)n2-c1cccnc1C. The van der Waals surface area contributed by atoms with Gasteiger partial charge in [0.15, 0.2) is 0 Å². The molecule has 0 aliphatic heterocycles. The van der Waals surface area contributed by atoms with Gasteiger partial charge in [-0.15, -0.1) is 0 Å². The van der Waals surface area contributed by atoms with Crippen molar-refractivity contribution < 1.29 is 4.74 Å². The summed E-state index contributed by atoms with van der Waals surface area (Å²) < 4.78 is 6.54. The summed E-state index contributed by atoms with van der Waals surface area (Å²) >= 11 is 6.16. The standard InChI is InChI=1S/C16H14ClN3O3/c1-9-12(4-3-5-18-9)20-13-7-11(17)6-10(8-23-2)14(13)15(21)19-16(20)22/h3-7H,8H2,1-2H3,(H,19,21,22). The summed E-state index contributed by atoms with van der Waals surface area (Å²) in [7, 11) is 1.53. The number of aromatic amines is 1. The highest BCUT2D eigenvalue weighted by atomic mass is 35.5. The van der Waals surface area contributed by atoms with Gasteiger partial charge in [-0.2, -0.15) is 0 Å². The van der Waals surface area contributed by atoms with Crippen LogP contribution in [0.1, 0.15) is 11.3 Å². The third-order valence-corrected chi connectivity index (χ3v) is 3.79. The van der Waals surface area contributed by atoms with Crippen molar-refractivity contribution in [1.82, 2.24) is 14.5 Å². The van der Waals surface area contributed by atoms with Crippen molar-refractivity contribution in [3.8, 4) is 5.69 Å². The number of aromatic nitrogens is 3. The maximum Gasteiger partial charge on any atom is 0.333 e. The van der Waals surface area contributed by atoms with Crippen LogP contribution in [0.5, 0.6) is 0 Å². The van der Waals surface area contributed by atoms with Gasteiger partial charge in [0.2, 0.25) is 0 Å². The number of methoxy groups -OCH3 is 1. The molecule has 0 radical (unpaired) electrons. The number of hydrogen-bond donors (Lipinski definition) is 1. The molecule has 0 amide bonds. The van der Waals surface area contributed by atoms with E-state index < -0.39 is 11.2 Å². The Bertz CT molecular complexity index is 1010. The number of pyridine rings is 1. The topological polar surface area (TPSA) is 77.0 Å². The molecule has 0 spiro atoms. The number of halogens is 1. The minimum atomic E-state index is -0.538. The Labute approximate surface area is 136 Å². The molecule has 0 aliphatic carbocycles. The van der Waals surface area contributed by atoms with E-state index in [2.05, 4.69) is 9.97 Å². The highest BCUT2D eigenvalue weighted by Gasteiger charge is 2.15. The van der Waals surface area contributed by atoms with Gasteiger partial charge in [-0.1, -0.05) is 11.6 Å². The lowest BCUT2D eigenvalue weighted by atomic mass is 10.1. The van der Waals surface area contributed by atoms with Crippen LogP contribution in [0, 0.1) is 6.92 Å². The zero-order valence-corrected chi connectivity index (χ0v) is 13.3. The molecule has 3 aromatic rings. The zero-order valence-electron chi connectivity index (χ0n) is 12.6. The van der Waals surface area contributed by atoms with E-state index in [9.17, 15) is 9.59 Å². The molecule has 0 atom stereocenters. The first kappa shape index (κ1) is 15.5. The van der Waals surface area contributed by atoms with Crippen molar-refractivity contribution in [2.45, 2.75) is 13.5 Å². The van der Waals surface area contributed by atoms with Gasteiger partial charge in [0.05, 0.1) is 28.9 Å². The molecule has 7 heteroatoms. The molecular weight excluding hydrogens is 318 g/mol. The first-order chi connectivity index (χ1) is 11.0. The molecule has 23 heavy (non-hydrogen) atoms. The highest BCUT2D eigenvalue weighted by molar-refractivity contribution is 6.31. The molecule has 6 nitrogen and oxygen atoms in total. The van der Waals surface area contributed by atoms with Crippen molar-refractivity contribution in [3.63, 3.8) is 0 Å². The summed E-state index contributed by atoms with van der Waals surface area (Å²) in [6.07, 6.45) is 1.64. The van der Waals surface area contributed by atoms with E-state index in [1.165, 1.54) is 11.7 Å². The minimum Gasteiger partial charge on any atom is -0.380 e. The Morgan fingerprint density at radius 2 is 2.13 bits per heavy atom. The van der Waals surface area contributed by atoms with Crippen LogP contribution in [-0.4, -0.2) is 21.6 Å². The second-order valence-electron chi connectivity index (χ2n) is 5.09. The van der Waals surface area contributed by atoms with Crippen molar-refractivity contribution in [3.05, 3.63) is 67.6 Å². The summed E-state index contributed by atoms with van der Waals surface area (Å²) in [5.41, 5.74) is 1.29. The van der Waals surface area contributed by atoms with E-state index >= 15 is 0 Å². The molecular formula is C16H14ClN3O3. The Hall–Kier alpha value is -2.44. The second kappa shape index (κ2) is 5.98. The third kappa shape index (κ3) is 2.67. The number of benzene rings is 1. The first-order valence-corrected chi connectivity index (χ1v) is 7.29. The summed E-state index contributed by atoms with van der Waals surface area (Å²) in [5, 5.41) is 0.795. The van der Waals surface area contributed by atoms with Crippen molar-refractivity contribution in [2.75, 3.05) is 7.11 Å². The van der Waals surface area contributed by atoms with Crippen LogP contribution in [0.2, 0.25) is 5.02 Å². The van der Waals surface area contributed by atoms with Crippen LogP contribution in [0.15, 0.2) is 40.1 Å². The zero-order chi connectivity index (χ0) is 16.6. The summed E-state index contributed by atoms with van der Waals surface area (Å²) in [5.74, 6) is 0. The molecule has 0 bridgehead atoms. The van der Waals surface area contributed by atoms with Crippen molar-refractivity contribution in [1.29, 1.82) is 0 Å². The molecule has 0 aliphatic rings. The quantitative estimate of drug-likeness (QED) is 0.798. The number of H-pyrrole nitrogens is 1. The largest absolute Gasteiger partial charge is 0.380 e. The lowest BCUT2D eigenvalue weighted by Gasteiger charge is -2.13. The average Bonchev–Trinajstić information content (AvgIpc) is 2.48. The Kier molecular flexibility index (Phi) is 4.02. The molecule has 3 rings (SSSR count). The van der Waals surface area contributed by atoms with Gasteiger partial charge >= 0.3 is 5.69 Å². The van der Waals surface area contributed by atoms with E-state index in [4.69, 9.17) is 16.3 Å². The van der Waals surface area contributed by atoms with E-state index in [1.807, 2.05) is 0 Å². The van der Waals surface area contributed by atoms with Crippen molar-refractivity contribution in [2.24, 2.45) is 0 Å². The van der Waals surface area contributed by atoms with Gasteiger partial charge in [-0.05, 0) is 36.8 Å². The van der Waals surface area contributed by atoms with Crippen LogP contribution in [0.3, 0.4) is 0 Å². The summed E-state index contributed by atoms with van der Waals surface area (Å²) in [6, 6.07) is 6.75. The smallest absolute Gasteiger partial charge is 0.333 e. The number of nitrogens with one attached hydrogen (secondary N) is 1. The maximum absolute atomic E-state index is 12.4. The maximum atomic E-state index is 12.4. The predicted octanol–water partition coefficient (Wildman–Crippen LogP) is 2.18. The van der Waals surface area contributed by atoms with Crippen LogP contribution in [-0.2, 0) is 11.3 Å². The van der Waals surface area contributed by atoms with Crippen LogP contribution < -0.4 is 11.2 Å². The van der Waals surface area contributed by atoms with E-state index in [0.717, 1.165) is 0 Å². The number of fused-ring (bicyclic) bond motifs is 1. The molecule has 0 fully saturated rings. The number of rotatable bonds is 3. The minimum absolute atomic E-state index is 0.213. The Balaban J connectivity index is 2.51. The highest BCUT2D eigenvalue weighted by Crippen LogP contribution is 2.23. The molecule has 1 N–H and O–H groups in total. The summed E-state index contributed by atoms with van der Waals surface area (Å²) in [6.45, 7) is 2.00. The Morgan fingerprint density at radius 3 is 2.83 bits per heavy atom. The number of aryl methyl sites for hydroxylation is 1.